The second-order valence-corrected chi connectivity index (χ2v) is 3.50. The molecule has 16 heavy (non-hydrogen) atoms. The van der Waals surface area contributed by atoms with Gasteiger partial charge in [0.15, 0.2) is 0 Å². The van der Waals surface area contributed by atoms with E-state index >= 15 is 0 Å². The van der Waals surface area contributed by atoms with Gasteiger partial charge in [0.05, 0.1) is 6.61 Å². The van der Waals surface area contributed by atoms with E-state index in [0.29, 0.717) is 24.6 Å². The summed E-state index contributed by atoms with van der Waals surface area (Å²) < 4.78 is 5.20. The summed E-state index contributed by atoms with van der Waals surface area (Å²) in [5.41, 5.74) is 6.00. The lowest BCUT2D eigenvalue weighted by Gasteiger charge is -2.13. The fraction of sp³-hybridized carbons (Fsp3) is 0.455. The Hall–Kier alpha value is -1.62. The van der Waals surface area contributed by atoms with Gasteiger partial charge < -0.3 is 15.8 Å². The van der Waals surface area contributed by atoms with Crippen LogP contribution in [-0.2, 0) is 4.74 Å². The number of aromatic nitrogens is 1. The van der Waals surface area contributed by atoms with Gasteiger partial charge in [-0.25, -0.2) is 4.98 Å². The van der Waals surface area contributed by atoms with Crippen molar-refractivity contribution in [2.24, 2.45) is 0 Å². The molecule has 0 aromatic carbocycles. The molecule has 1 aromatic heterocycles. The van der Waals surface area contributed by atoms with Crippen LogP contribution in [0.3, 0.4) is 0 Å². The molecule has 3 N–H and O–H groups in total. The molecule has 88 valence electrons. The van der Waals surface area contributed by atoms with Gasteiger partial charge in [0.25, 0.3) is 5.91 Å². The van der Waals surface area contributed by atoms with Gasteiger partial charge in [-0.2, -0.15) is 0 Å². The van der Waals surface area contributed by atoms with Gasteiger partial charge in [-0.05, 0) is 26.0 Å². The Kier molecular flexibility index (Phi) is 4.72. The molecule has 1 aromatic rings. The number of nitrogens with one attached hydrogen (secondary N) is 1. The molecule has 0 saturated carbocycles. The molecule has 5 nitrogen and oxygen atoms in total. The first kappa shape index (κ1) is 12.4. The number of amides is 1. The number of hydrogen-bond donors (Lipinski definition) is 2. The minimum atomic E-state index is -0.165. The third-order valence-corrected chi connectivity index (χ3v) is 1.99. The van der Waals surface area contributed by atoms with Crippen molar-refractivity contribution in [2.45, 2.75) is 19.9 Å². The van der Waals surface area contributed by atoms with E-state index in [-0.39, 0.29) is 11.9 Å². The Bertz CT molecular complexity index is 355. The summed E-state index contributed by atoms with van der Waals surface area (Å²) >= 11 is 0. The molecule has 5 heteroatoms. The van der Waals surface area contributed by atoms with E-state index in [4.69, 9.17) is 10.5 Å². The first-order valence-corrected chi connectivity index (χ1v) is 5.23. The average molecular weight is 223 g/mol. The Morgan fingerprint density at radius 2 is 2.44 bits per heavy atom. The van der Waals surface area contributed by atoms with Crippen LogP contribution in [0, 0.1) is 0 Å². The van der Waals surface area contributed by atoms with Gasteiger partial charge in [-0.1, -0.05) is 0 Å². The Labute approximate surface area is 95.0 Å². The van der Waals surface area contributed by atoms with Crippen molar-refractivity contribution in [3.63, 3.8) is 0 Å². The molecule has 1 atom stereocenters. The maximum atomic E-state index is 11.7. The normalized spacial score (nSPS) is 12.1. The molecule has 0 saturated heterocycles. The molecule has 1 rings (SSSR count). The van der Waals surface area contributed by atoms with Crippen molar-refractivity contribution in [2.75, 3.05) is 18.9 Å². The maximum absolute atomic E-state index is 11.7. The van der Waals surface area contributed by atoms with E-state index in [1.807, 2.05) is 13.8 Å². The summed E-state index contributed by atoms with van der Waals surface area (Å²) in [6, 6.07) is 3.14. The van der Waals surface area contributed by atoms with Crippen LogP contribution >= 0.6 is 0 Å². The highest BCUT2D eigenvalue weighted by molar-refractivity contribution is 5.94. The molecule has 0 aliphatic carbocycles. The molecule has 0 spiro atoms. The smallest absolute Gasteiger partial charge is 0.251 e. The molecule has 0 fully saturated rings. The van der Waals surface area contributed by atoms with Crippen LogP contribution in [0.2, 0.25) is 0 Å². The minimum absolute atomic E-state index is 0.0261. The maximum Gasteiger partial charge on any atom is 0.251 e. The zero-order valence-corrected chi connectivity index (χ0v) is 9.56. The van der Waals surface area contributed by atoms with Crippen LogP contribution in [0.5, 0.6) is 0 Å². The van der Waals surface area contributed by atoms with Crippen molar-refractivity contribution in [1.29, 1.82) is 0 Å². The summed E-state index contributed by atoms with van der Waals surface area (Å²) in [5.74, 6) is 0.173. The highest BCUT2D eigenvalue weighted by Crippen LogP contribution is 2.03. The minimum Gasteiger partial charge on any atom is -0.384 e. The van der Waals surface area contributed by atoms with Crippen LogP contribution in [0.25, 0.3) is 0 Å². The van der Waals surface area contributed by atoms with Crippen LogP contribution in [-0.4, -0.2) is 30.1 Å². The van der Waals surface area contributed by atoms with Gasteiger partial charge >= 0.3 is 0 Å². The molecule has 1 heterocycles. The topological polar surface area (TPSA) is 77.2 Å². The number of anilines is 1. The van der Waals surface area contributed by atoms with Crippen molar-refractivity contribution in [3.8, 4) is 0 Å². The molecule has 1 amide bonds. The molecule has 0 radical (unpaired) electrons. The van der Waals surface area contributed by atoms with Crippen LogP contribution < -0.4 is 11.1 Å². The number of nitrogens with two attached hydrogens (primary N) is 1. The largest absolute Gasteiger partial charge is 0.384 e. The molecule has 1 unspecified atom stereocenters. The van der Waals surface area contributed by atoms with E-state index in [1.54, 1.807) is 12.1 Å². The number of ether oxygens (including phenoxy) is 1. The average Bonchev–Trinajstić information content (AvgIpc) is 2.26. The Morgan fingerprint density at radius 1 is 1.69 bits per heavy atom. The Balaban J connectivity index is 2.52. The quantitative estimate of drug-likeness (QED) is 0.774. The van der Waals surface area contributed by atoms with E-state index in [2.05, 4.69) is 10.3 Å². The standard InChI is InChI=1S/C11H17N3O2/c1-3-16-7-8(2)14-11(15)9-4-5-13-10(12)6-9/h4-6,8H,3,7H2,1-2H3,(H2,12,13)(H,14,15). The van der Waals surface area contributed by atoms with Gasteiger partial charge in [0, 0.05) is 24.4 Å². The summed E-state index contributed by atoms with van der Waals surface area (Å²) in [5, 5.41) is 2.81. The fourth-order valence-electron chi connectivity index (χ4n) is 1.23. The fourth-order valence-corrected chi connectivity index (χ4v) is 1.23. The van der Waals surface area contributed by atoms with E-state index < -0.39 is 0 Å². The van der Waals surface area contributed by atoms with Crippen molar-refractivity contribution in [3.05, 3.63) is 23.9 Å². The summed E-state index contributed by atoms with van der Waals surface area (Å²) in [6.45, 7) is 4.95. The molecular weight excluding hydrogens is 206 g/mol. The summed E-state index contributed by atoms with van der Waals surface area (Å²) in [6.07, 6.45) is 1.51. The van der Waals surface area contributed by atoms with Gasteiger partial charge in [-0.3, -0.25) is 4.79 Å². The number of carbonyl (C=O) groups excluding carboxylic acids is 1. The van der Waals surface area contributed by atoms with Crippen molar-refractivity contribution >= 4 is 11.7 Å². The number of pyridine rings is 1. The number of hydrogen-bond acceptors (Lipinski definition) is 4. The lowest BCUT2D eigenvalue weighted by molar-refractivity contribution is 0.0872. The summed E-state index contributed by atoms with van der Waals surface area (Å²) in [4.78, 5) is 15.5. The van der Waals surface area contributed by atoms with Gasteiger partial charge in [0.1, 0.15) is 5.82 Å². The first-order chi connectivity index (χ1) is 7.63. The number of rotatable bonds is 5. The highest BCUT2D eigenvalue weighted by atomic mass is 16.5. The van der Waals surface area contributed by atoms with Gasteiger partial charge in [-0.15, -0.1) is 0 Å². The SMILES string of the molecule is CCOCC(C)NC(=O)c1ccnc(N)c1. The van der Waals surface area contributed by atoms with Crippen molar-refractivity contribution < 1.29 is 9.53 Å². The number of nitrogens with zero attached hydrogens (tertiary/aromatic N) is 1. The predicted molar refractivity (Wildman–Crippen MR) is 62.1 cm³/mol. The lowest BCUT2D eigenvalue weighted by Crippen LogP contribution is -2.35. The zero-order valence-electron chi connectivity index (χ0n) is 9.56. The molecular formula is C11H17N3O2. The third kappa shape index (κ3) is 3.86. The van der Waals surface area contributed by atoms with E-state index in [9.17, 15) is 4.79 Å². The van der Waals surface area contributed by atoms with E-state index in [1.165, 1.54) is 6.20 Å². The molecule has 0 aliphatic rings. The third-order valence-electron chi connectivity index (χ3n) is 1.99. The predicted octanol–water partition coefficient (Wildman–Crippen LogP) is 0.819. The van der Waals surface area contributed by atoms with Crippen LogP contribution in [0.15, 0.2) is 18.3 Å². The number of nitrogen functional groups attached to an aromatic ring is 1. The lowest BCUT2D eigenvalue weighted by atomic mass is 10.2. The Morgan fingerprint density at radius 3 is 3.06 bits per heavy atom. The van der Waals surface area contributed by atoms with Crippen LogP contribution in [0.1, 0.15) is 24.2 Å². The summed E-state index contributed by atoms with van der Waals surface area (Å²) in [7, 11) is 0. The van der Waals surface area contributed by atoms with Gasteiger partial charge in [0.2, 0.25) is 0 Å². The van der Waals surface area contributed by atoms with Crippen molar-refractivity contribution in [1.82, 2.24) is 10.3 Å². The monoisotopic (exact) mass is 223 g/mol. The second-order valence-electron chi connectivity index (χ2n) is 3.50. The molecule has 0 bridgehead atoms. The van der Waals surface area contributed by atoms with Crippen LogP contribution in [0.4, 0.5) is 5.82 Å². The second kappa shape index (κ2) is 6.07. The number of carbonyl (C=O) groups is 1. The highest BCUT2D eigenvalue weighted by Gasteiger charge is 2.09. The molecule has 0 aliphatic heterocycles. The van der Waals surface area contributed by atoms with E-state index in [0.717, 1.165) is 0 Å². The first-order valence-electron chi connectivity index (χ1n) is 5.23. The zero-order chi connectivity index (χ0) is 12.0.